The Bertz CT molecular complexity index is 1210. The van der Waals surface area contributed by atoms with Crippen molar-refractivity contribution in [2.24, 2.45) is 13.0 Å². The monoisotopic (exact) mass is 470 g/mol. The predicted octanol–water partition coefficient (Wildman–Crippen LogP) is 2.62. The summed E-state index contributed by atoms with van der Waals surface area (Å²) in [4.78, 5) is 14.8. The molecule has 8 nitrogen and oxygen atoms in total. The van der Waals surface area contributed by atoms with Crippen molar-refractivity contribution in [3.8, 4) is 6.07 Å². The van der Waals surface area contributed by atoms with E-state index in [1.165, 1.54) is 0 Å². The number of amides is 1. The number of aryl methyl sites for hydroxylation is 1. The molecular formula is C24H30N4O4S. The molecular weight excluding hydrogens is 440 g/mol. The number of hydrogen-bond acceptors (Lipinski definition) is 5. The molecule has 1 amide bonds. The van der Waals surface area contributed by atoms with E-state index in [0.29, 0.717) is 63.5 Å². The number of hydrogen-bond donors (Lipinski definition) is 1. The summed E-state index contributed by atoms with van der Waals surface area (Å²) in [6.45, 7) is 2.46. The number of sulfonamides is 1. The Morgan fingerprint density at radius 3 is 2.45 bits per heavy atom. The second-order valence-corrected chi connectivity index (χ2v) is 11.2. The zero-order chi connectivity index (χ0) is 23.2. The molecule has 1 aromatic carbocycles. The molecule has 9 heteroatoms. The molecule has 2 aliphatic carbocycles. The minimum atomic E-state index is -3.70. The molecule has 0 radical (unpaired) electrons. The summed E-state index contributed by atoms with van der Waals surface area (Å²) in [5, 5.41) is 10.5. The van der Waals surface area contributed by atoms with Crippen molar-refractivity contribution in [1.82, 2.24) is 14.2 Å². The van der Waals surface area contributed by atoms with Crippen LogP contribution < -0.4 is 4.72 Å². The fraction of sp³-hybridized carbons (Fsp3) is 0.583. The van der Waals surface area contributed by atoms with Crippen molar-refractivity contribution in [2.45, 2.75) is 55.4 Å². The highest BCUT2D eigenvalue weighted by Gasteiger charge is 2.33. The zero-order valence-corrected chi connectivity index (χ0v) is 19.7. The van der Waals surface area contributed by atoms with Crippen molar-refractivity contribution in [1.29, 1.82) is 5.26 Å². The molecule has 0 atom stereocenters. The van der Waals surface area contributed by atoms with Crippen molar-refractivity contribution < 1.29 is 17.9 Å². The molecule has 1 N–H and O–H groups in total. The van der Waals surface area contributed by atoms with E-state index in [4.69, 9.17) is 4.74 Å². The van der Waals surface area contributed by atoms with Gasteiger partial charge in [-0.25, -0.2) is 13.1 Å². The molecule has 0 spiro atoms. The van der Waals surface area contributed by atoms with Gasteiger partial charge in [0.2, 0.25) is 15.9 Å². The molecule has 2 aromatic rings. The van der Waals surface area contributed by atoms with Gasteiger partial charge in [-0.2, -0.15) is 5.26 Å². The number of fused-ring (bicyclic) bond motifs is 1. The SMILES string of the molecule is Cn1c(C2CC2)c(C#N)c2ccc(S(=O)(=O)NC3CCC(C(=O)N4CCOCC4)CC3)cc21. The summed E-state index contributed by atoms with van der Waals surface area (Å²) >= 11 is 0. The average Bonchev–Trinajstić information content (AvgIpc) is 3.63. The number of rotatable bonds is 5. The number of morpholine rings is 1. The number of nitriles is 1. The van der Waals surface area contributed by atoms with Gasteiger partial charge >= 0.3 is 0 Å². The molecule has 176 valence electrons. The van der Waals surface area contributed by atoms with Gasteiger partial charge in [-0.3, -0.25) is 4.79 Å². The van der Waals surface area contributed by atoms with Crippen LogP contribution in [0.3, 0.4) is 0 Å². The summed E-state index contributed by atoms with van der Waals surface area (Å²) in [6, 6.07) is 7.17. The molecule has 33 heavy (non-hydrogen) atoms. The van der Waals surface area contributed by atoms with Gasteiger partial charge in [0.15, 0.2) is 0 Å². The van der Waals surface area contributed by atoms with Gasteiger partial charge < -0.3 is 14.2 Å². The van der Waals surface area contributed by atoms with Gasteiger partial charge in [0.25, 0.3) is 0 Å². The summed E-state index contributed by atoms with van der Waals surface area (Å²) in [5.41, 5.74) is 2.45. The van der Waals surface area contributed by atoms with Crippen LogP contribution >= 0.6 is 0 Å². The van der Waals surface area contributed by atoms with E-state index in [-0.39, 0.29) is 22.8 Å². The molecule has 1 aliphatic heterocycles. The third-order valence-electron chi connectivity index (χ3n) is 7.32. The van der Waals surface area contributed by atoms with Crippen LogP contribution in [-0.2, 0) is 26.6 Å². The first-order valence-electron chi connectivity index (χ1n) is 11.8. The lowest BCUT2D eigenvalue weighted by Gasteiger charge is -2.34. The Morgan fingerprint density at radius 2 is 1.82 bits per heavy atom. The molecule has 3 aliphatic rings. The number of carbonyl (C=O) groups excluding carboxylic acids is 1. The molecule has 5 rings (SSSR count). The van der Waals surface area contributed by atoms with Crippen LogP contribution in [0.2, 0.25) is 0 Å². The standard InChI is InChI=1S/C24H30N4O4S/c1-27-22-14-19(8-9-20(22)21(15-25)23(27)16-2-3-16)33(30,31)26-18-6-4-17(5-7-18)24(29)28-10-12-32-13-11-28/h8-9,14,16-18,26H,2-7,10-13H2,1H3. The quantitative estimate of drug-likeness (QED) is 0.723. The highest BCUT2D eigenvalue weighted by atomic mass is 32.2. The Kier molecular flexibility index (Phi) is 5.93. The van der Waals surface area contributed by atoms with Crippen LogP contribution in [-0.4, -0.2) is 56.1 Å². The van der Waals surface area contributed by atoms with Crippen LogP contribution in [0.25, 0.3) is 10.9 Å². The fourth-order valence-corrected chi connectivity index (χ4v) is 6.67. The molecule has 1 saturated heterocycles. The molecule has 1 aromatic heterocycles. The van der Waals surface area contributed by atoms with E-state index in [1.807, 2.05) is 16.5 Å². The van der Waals surface area contributed by atoms with E-state index in [1.54, 1.807) is 18.2 Å². The minimum Gasteiger partial charge on any atom is -0.378 e. The number of nitrogens with zero attached hydrogens (tertiary/aromatic N) is 3. The molecule has 3 fully saturated rings. The number of nitrogens with one attached hydrogen (secondary N) is 1. The first-order valence-corrected chi connectivity index (χ1v) is 13.3. The summed E-state index contributed by atoms with van der Waals surface area (Å²) < 4.78 is 36.5. The predicted molar refractivity (Wildman–Crippen MR) is 123 cm³/mol. The lowest BCUT2D eigenvalue weighted by atomic mass is 9.85. The third-order valence-corrected chi connectivity index (χ3v) is 8.84. The van der Waals surface area contributed by atoms with E-state index >= 15 is 0 Å². The maximum atomic E-state index is 13.2. The first-order chi connectivity index (χ1) is 15.9. The van der Waals surface area contributed by atoms with Crippen molar-refractivity contribution in [2.75, 3.05) is 26.3 Å². The van der Waals surface area contributed by atoms with Crippen LogP contribution in [0.1, 0.15) is 55.7 Å². The number of aromatic nitrogens is 1. The van der Waals surface area contributed by atoms with Gasteiger partial charge in [0.05, 0.1) is 29.2 Å². The Morgan fingerprint density at radius 1 is 1.12 bits per heavy atom. The number of carbonyl (C=O) groups is 1. The van der Waals surface area contributed by atoms with Crippen molar-refractivity contribution >= 4 is 26.8 Å². The number of ether oxygens (including phenoxy) is 1. The average molecular weight is 471 g/mol. The van der Waals surface area contributed by atoms with Gasteiger partial charge in [-0.1, -0.05) is 6.07 Å². The fourth-order valence-electron chi connectivity index (χ4n) is 5.34. The van der Waals surface area contributed by atoms with Gasteiger partial charge in [-0.05, 0) is 50.7 Å². The summed E-state index contributed by atoms with van der Waals surface area (Å²) in [7, 11) is -1.79. The van der Waals surface area contributed by atoms with Gasteiger partial charge in [0, 0.05) is 49.1 Å². The third kappa shape index (κ3) is 4.27. The highest BCUT2D eigenvalue weighted by Crippen LogP contribution is 2.44. The molecule has 0 unspecified atom stereocenters. The van der Waals surface area contributed by atoms with Crippen molar-refractivity contribution in [3.63, 3.8) is 0 Å². The van der Waals surface area contributed by atoms with E-state index in [0.717, 1.165) is 29.4 Å². The van der Waals surface area contributed by atoms with Crippen LogP contribution in [0.4, 0.5) is 0 Å². The second kappa shape index (κ2) is 8.75. The molecule has 0 bridgehead atoms. The Hall–Kier alpha value is -2.41. The zero-order valence-electron chi connectivity index (χ0n) is 18.9. The first kappa shape index (κ1) is 22.4. The van der Waals surface area contributed by atoms with Gasteiger partial charge in [-0.15, -0.1) is 0 Å². The normalized spacial score (nSPS) is 24.1. The van der Waals surface area contributed by atoms with Crippen molar-refractivity contribution in [3.05, 3.63) is 29.5 Å². The lowest BCUT2D eigenvalue weighted by Crippen LogP contribution is -2.46. The Balaban J connectivity index is 1.28. The van der Waals surface area contributed by atoms with E-state index in [2.05, 4.69) is 10.8 Å². The molecule has 2 heterocycles. The maximum Gasteiger partial charge on any atom is 0.240 e. The highest BCUT2D eigenvalue weighted by molar-refractivity contribution is 7.89. The van der Waals surface area contributed by atoms with E-state index < -0.39 is 10.0 Å². The topological polar surface area (TPSA) is 104 Å². The molecule has 2 saturated carbocycles. The minimum absolute atomic E-state index is 0.0335. The summed E-state index contributed by atoms with van der Waals surface area (Å²) in [5.74, 6) is 0.535. The van der Waals surface area contributed by atoms with Crippen LogP contribution in [0.15, 0.2) is 23.1 Å². The second-order valence-electron chi connectivity index (χ2n) is 9.49. The van der Waals surface area contributed by atoms with Crippen LogP contribution in [0, 0.1) is 17.2 Å². The van der Waals surface area contributed by atoms with Gasteiger partial charge in [0.1, 0.15) is 6.07 Å². The van der Waals surface area contributed by atoms with Crippen LogP contribution in [0.5, 0.6) is 0 Å². The Labute approximate surface area is 194 Å². The smallest absolute Gasteiger partial charge is 0.240 e. The maximum absolute atomic E-state index is 13.2. The largest absolute Gasteiger partial charge is 0.378 e. The van der Waals surface area contributed by atoms with E-state index in [9.17, 15) is 18.5 Å². The number of benzene rings is 1. The summed E-state index contributed by atoms with van der Waals surface area (Å²) in [6.07, 6.45) is 4.82. The lowest BCUT2D eigenvalue weighted by molar-refractivity contribution is -0.140.